The van der Waals surface area contributed by atoms with Crippen LogP contribution in [0.4, 0.5) is 10.5 Å². The molecule has 2 amide bonds. The first-order valence-electron chi connectivity index (χ1n) is 7.79. The summed E-state index contributed by atoms with van der Waals surface area (Å²) in [7, 11) is 0. The van der Waals surface area contributed by atoms with Crippen LogP contribution in [0.15, 0.2) is 24.3 Å². The molecule has 0 unspecified atom stereocenters. The van der Waals surface area contributed by atoms with Crippen LogP contribution in [0.2, 0.25) is 5.02 Å². The maximum absolute atomic E-state index is 11.9. The number of nitrogens with one attached hydrogen (secondary N) is 2. The van der Waals surface area contributed by atoms with Gasteiger partial charge in [0.2, 0.25) is 5.91 Å². The van der Waals surface area contributed by atoms with Crippen molar-refractivity contribution in [2.45, 2.75) is 25.8 Å². The van der Waals surface area contributed by atoms with Gasteiger partial charge < -0.3 is 20.3 Å². The third-order valence-electron chi connectivity index (χ3n) is 3.72. The van der Waals surface area contributed by atoms with Gasteiger partial charge in [-0.15, -0.1) is 0 Å². The van der Waals surface area contributed by atoms with Crippen LogP contribution in [0.25, 0.3) is 0 Å². The highest BCUT2D eigenvalue weighted by Gasteiger charge is 2.23. The zero-order chi connectivity index (χ0) is 16.7. The largest absolute Gasteiger partial charge is 0.450 e. The SMILES string of the molecule is CCOC(=O)N1CCC(NCC(=O)Nc2ccccc2Cl)CC1. The van der Waals surface area contributed by atoms with E-state index < -0.39 is 0 Å². The number of ether oxygens (including phenoxy) is 1. The van der Waals surface area contributed by atoms with Gasteiger partial charge in [-0.05, 0) is 31.9 Å². The molecule has 0 aliphatic carbocycles. The Kier molecular flexibility index (Phi) is 6.67. The first-order chi connectivity index (χ1) is 11.1. The fraction of sp³-hybridized carbons (Fsp3) is 0.500. The molecule has 0 saturated carbocycles. The number of rotatable bonds is 5. The summed E-state index contributed by atoms with van der Waals surface area (Å²) in [5, 5.41) is 6.51. The van der Waals surface area contributed by atoms with Gasteiger partial charge in [0.15, 0.2) is 0 Å². The lowest BCUT2D eigenvalue weighted by Crippen LogP contribution is -2.46. The molecule has 0 atom stereocenters. The van der Waals surface area contributed by atoms with E-state index in [4.69, 9.17) is 16.3 Å². The number of piperidine rings is 1. The topological polar surface area (TPSA) is 70.7 Å². The Hall–Kier alpha value is -1.79. The minimum absolute atomic E-state index is 0.133. The highest BCUT2D eigenvalue weighted by atomic mass is 35.5. The number of anilines is 1. The average Bonchev–Trinajstić information content (AvgIpc) is 2.56. The van der Waals surface area contributed by atoms with Gasteiger partial charge in [-0.3, -0.25) is 4.79 Å². The van der Waals surface area contributed by atoms with Crippen molar-refractivity contribution >= 4 is 29.3 Å². The Labute approximate surface area is 141 Å². The molecule has 6 nitrogen and oxygen atoms in total. The molecule has 1 saturated heterocycles. The van der Waals surface area contributed by atoms with Crippen molar-refractivity contribution in [3.8, 4) is 0 Å². The van der Waals surface area contributed by atoms with Crippen molar-refractivity contribution in [1.82, 2.24) is 10.2 Å². The monoisotopic (exact) mass is 339 g/mol. The molecule has 23 heavy (non-hydrogen) atoms. The third kappa shape index (κ3) is 5.41. The first-order valence-corrected chi connectivity index (χ1v) is 8.17. The molecule has 0 aromatic heterocycles. The number of benzene rings is 1. The Balaban J connectivity index is 1.70. The molecule has 2 rings (SSSR count). The number of nitrogens with zero attached hydrogens (tertiary/aromatic N) is 1. The number of hydrogen-bond acceptors (Lipinski definition) is 4. The lowest BCUT2D eigenvalue weighted by molar-refractivity contribution is -0.115. The van der Waals surface area contributed by atoms with E-state index >= 15 is 0 Å². The fourth-order valence-corrected chi connectivity index (χ4v) is 2.66. The van der Waals surface area contributed by atoms with E-state index in [1.54, 1.807) is 24.0 Å². The van der Waals surface area contributed by atoms with Crippen LogP contribution >= 0.6 is 11.6 Å². The lowest BCUT2D eigenvalue weighted by Gasteiger charge is -2.31. The second-order valence-electron chi connectivity index (χ2n) is 5.37. The molecule has 0 bridgehead atoms. The maximum atomic E-state index is 11.9. The van der Waals surface area contributed by atoms with Crippen molar-refractivity contribution < 1.29 is 14.3 Å². The van der Waals surface area contributed by atoms with E-state index in [0.29, 0.717) is 30.4 Å². The zero-order valence-corrected chi connectivity index (χ0v) is 13.9. The van der Waals surface area contributed by atoms with Gasteiger partial charge in [-0.25, -0.2) is 4.79 Å². The predicted molar refractivity (Wildman–Crippen MR) is 89.7 cm³/mol. The van der Waals surface area contributed by atoms with Crippen molar-refractivity contribution in [3.63, 3.8) is 0 Å². The van der Waals surface area contributed by atoms with E-state index in [1.807, 2.05) is 12.1 Å². The van der Waals surface area contributed by atoms with Gasteiger partial charge in [-0.1, -0.05) is 23.7 Å². The Morgan fingerprint density at radius 1 is 1.30 bits per heavy atom. The first kappa shape index (κ1) is 17.6. The van der Waals surface area contributed by atoms with E-state index in [9.17, 15) is 9.59 Å². The Morgan fingerprint density at radius 2 is 2.00 bits per heavy atom. The Morgan fingerprint density at radius 3 is 2.65 bits per heavy atom. The number of amides is 2. The Bertz CT molecular complexity index is 545. The van der Waals surface area contributed by atoms with Crippen molar-refractivity contribution in [2.75, 3.05) is 31.6 Å². The van der Waals surface area contributed by atoms with Crippen molar-refractivity contribution in [3.05, 3.63) is 29.3 Å². The summed E-state index contributed by atoms with van der Waals surface area (Å²) in [4.78, 5) is 25.3. The summed E-state index contributed by atoms with van der Waals surface area (Å²) in [6.45, 7) is 3.68. The zero-order valence-electron chi connectivity index (χ0n) is 13.2. The molecule has 1 fully saturated rings. The van der Waals surface area contributed by atoms with Crippen LogP contribution < -0.4 is 10.6 Å². The van der Waals surface area contributed by atoms with Gasteiger partial charge in [-0.2, -0.15) is 0 Å². The molecule has 1 aromatic rings. The molecular formula is C16H22ClN3O3. The second-order valence-corrected chi connectivity index (χ2v) is 5.78. The summed E-state index contributed by atoms with van der Waals surface area (Å²) in [6, 6.07) is 7.35. The standard InChI is InChI=1S/C16H22ClN3O3/c1-2-23-16(22)20-9-7-12(8-10-20)18-11-15(21)19-14-6-4-3-5-13(14)17/h3-6,12,18H,2,7-11H2,1H3,(H,19,21). The van der Waals surface area contributed by atoms with Gasteiger partial charge in [0, 0.05) is 19.1 Å². The quantitative estimate of drug-likeness (QED) is 0.864. The predicted octanol–water partition coefficient (Wildman–Crippen LogP) is 2.49. The molecule has 7 heteroatoms. The average molecular weight is 340 g/mol. The molecule has 0 spiro atoms. The molecule has 2 N–H and O–H groups in total. The number of halogens is 1. The van der Waals surface area contributed by atoms with E-state index in [0.717, 1.165) is 12.8 Å². The molecular weight excluding hydrogens is 318 g/mol. The third-order valence-corrected chi connectivity index (χ3v) is 4.05. The fourth-order valence-electron chi connectivity index (χ4n) is 2.47. The highest BCUT2D eigenvalue weighted by Crippen LogP contribution is 2.20. The summed E-state index contributed by atoms with van der Waals surface area (Å²) < 4.78 is 4.98. The molecule has 1 aliphatic rings. The van der Waals surface area contributed by atoms with Crippen LogP contribution in [0.1, 0.15) is 19.8 Å². The summed E-state index contributed by atoms with van der Waals surface area (Å²) in [5.74, 6) is -0.133. The van der Waals surface area contributed by atoms with Gasteiger partial charge in [0.05, 0.1) is 23.9 Å². The molecule has 1 aliphatic heterocycles. The van der Waals surface area contributed by atoms with Crippen LogP contribution in [0, 0.1) is 0 Å². The number of carbonyl (C=O) groups is 2. The van der Waals surface area contributed by atoms with E-state index in [1.165, 1.54) is 0 Å². The minimum atomic E-state index is -0.262. The minimum Gasteiger partial charge on any atom is -0.450 e. The van der Waals surface area contributed by atoms with Crippen LogP contribution in [-0.2, 0) is 9.53 Å². The van der Waals surface area contributed by atoms with Gasteiger partial charge in [0.25, 0.3) is 0 Å². The van der Waals surface area contributed by atoms with E-state index in [-0.39, 0.29) is 24.6 Å². The smallest absolute Gasteiger partial charge is 0.409 e. The summed E-state index contributed by atoms with van der Waals surface area (Å²) in [5.41, 5.74) is 0.609. The number of likely N-dealkylation sites (tertiary alicyclic amines) is 1. The van der Waals surface area contributed by atoms with Crippen molar-refractivity contribution in [1.29, 1.82) is 0 Å². The van der Waals surface area contributed by atoms with Crippen LogP contribution in [0.5, 0.6) is 0 Å². The lowest BCUT2D eigenvalue weighted by atomic mass is 10.1. The maximum Gasteiger partial charge on any atom is 0.409 e. The summed E-state index contributed by atoms with van der Waals surface area (Å²) >= 11 is 6.00. The van der Waals surface area contributed by atoms with E-state index in [2.05, 4.69) is 10.6 Å². The van der Waals surface area contributed by atoms with Crippen molar-refractivity contribution in [2.24, 2.45) is 0 Å². The van der Waals surface area contributed by atoms with Crippen LogP contribution in [0.3, 0.4) is 0 Å². The molecule has 1 heterocycles. The number of para-hydroxylation sites is 1. The second kappa shape index (κ2) is 8.74. The van der Waals surface area contributed by atoms with Gasteiger partial charge >= 0.3 is 6.09 Å². The summed E-state index contributed by atoms with van der Waals surface area (Å²) in [6.07, 6.45) is 1.35. The number of carbonyl (C=O) groups excluding carboxylic acids is 2. The molecule has 126 valence electrons. The normalized spacial score (nSPS) is 15.3. The van der Waals surface area contributed by atoms with Gasteiger partial charge in [0.1, 0.15) is 0 Å². The molecule has 0 radical (unpaired) electrons. The molecule has 1 aromatic carbocycles. The number of hydrogen-bond donors (Lipinski definition) is 2. The van der Waals surface area contributed by atoms with Crippen LogP contribution in [-0.4, -0.2) is 49.2 Å². The highest BCUT2D eigenvalue weighted by molar-refractivity contribution is 6.33.